The summed E-state index contributed by atoms with van der Waals surface area (Å²) in [4.78, 5) is 0. The van der Waals surface area contributed by atoms with Crippen LogP contribution in [0.5, 0.6) is 17.2 Å². The molecule has 0 aliphatic carbocycles. The Morgan fingerprint density at radius 2 is 1.65 bits per heavy atom. The van der Waals surface area contributed by atoms with Crippen LogP contribution in [0.2, 0.25) is 0 Å². The Labute approximate surface area is 101 Å². The van der Waals surface area contributed by atoms with Crippen LogP contribution >= 0.6 is 0 Å². The fraction of sp³-hybridized carbons (Fsp3) is 0.143. The Hall–Kier alpha value is -2.16. The molecular formula is C14H16O3. The number of ether oxygens (including phenoxy) is 1. The van der Waals surface area contributed by atoms with Crippen molar-refractivity contribution in [2.45, 2.75) is 6.92 Å². The fourth-order valence-electron chi connectivity index (χ4n) is 1.26. The zero-order valence-corrected chi connectivity index (χ0v) is 9.92. The summed E-state index contributed by atoms with van der Waals surface area (Å²) in [5, 5.41) is 17.8. The average Bonchev–Trinajstić information content (AvgIpc) is 2.30. The molecule has 3 heteroatoms. The van der Waals surface area contributed by atoms with Gasteiger partial charge in [0.2, 0.25) is 0 Å². The number of aromatic hydroxyl groups is 2. The Morgan fingerprint density at radius 1 is 0.941 bits per heavy atom. The summed E-state index contributed by atoms with van der Waals surface area (Å²) in [5.74, 6) is 1.03. The second kappa shape index (κ2) is 6.43. The Morgan fingerprint density at radius 3 is 2.06 bits per heavy atom. The lowest BCUT2D eigenvalue weighted by Gasteiger charge is -1.99. The van der Waals surface area contributed by atoms with Crippen LogP contribution in [0.4, 0.5) is 0 Å². The molecule has 0 fully saturated rings. The van der Waals surface area contributed by atoms with Crippen molar-refractivity contribution in [2.75, 3.05) is 7.11 Å². The van der Waals surface area contributed by atoms with Crippen molar-refractivity contribution in [3.63, 3.8) is 0 Å². The van der Waals surface area contributed by atoms with Gasteiger partial charge < -0.3 is 14.9 Å². The van der Waals surface area contributed by atoms with Gasteiger partial charge in [0.1, 0.15) is 5.75 Å². The normalized spacial score (nSPS) is 9.06. The molecule has 3 nitrogen and oxygen atoms in total. The SMILES string of the molecule is COc1ccccc1O.Cc1cccc(O)c1. The van der Waals surface area contributed by atoms with Gasteiger partial charge in [0, 0.05) is 0 Å². The summed E-state index contributed by atoms with van der Waals surface area (Å²) in [6.07, 6.45) is 0. The van der Waals surface area contributed by atoms with Crippen LogP contribution in [0.15, 0.2) is 48.5 Å². The molecule has 90 valence electrons. The van der Waals surface area contributed by atoms with Crippen molar-refractivity contribution in [1.29, 1.82) is 0 Å². The minimum Gasteiger partial charge on any atom is -0.508 e. The highest BCUT2D eigenvalue weighted by atomic mass is 16.5. The summed E-state index contributed by atoms with van der Waals surface area (Å²) < 4.78 is 4.79. The van der Waals surface area contributed by atoms with Gasteiger partial charge in [-0.2, -0.15) is 0 Å². The highest BCUT2D eigenvalue weighted by molar-refractivity contribution is 5.37. The molecule has 2 N–H and O–H groups in total. The topological polar surface area (TPSA) is 49.7 Å². The van der Waals surface area contributed by atoms with Gasteiger partial charge in [-0.1, -0.05) is 24.3 Å². The molecule has 0 aliphatic rings. The first kappa shape index (κ1) is 12.9. The first-order valence-electron chi connectivity index (χ1n) is 5.21. The van der Waals surface area contributed by atoms with Crippen LogP contribution in [0.1, 0.15) is 5.56 Å². The number of benzene rings is 2. The second-order valence-electron chi connectivity index (χ2n) is 3.51. The molecule has 0 saturated carbocycles. The van der Waals surface area contributed by atoms with E-state index in [2.05, 4.69) is 0 Å². The van der Waals surface area contributed by atoms with E-state index in [4.69, 9.17) is 14.9 Å². The summed E-state index contributed by atoms with van der Waals surface area (Å²) in [6.45, 7) is 1.94. The smallest absolute Gasteiger partial charge is 0.160 e. The van der Waals surface area contributed by atoms with E-state index >= 15 is 0 Å². The van der Waals surface area contributed by atoms with Crippen molar-refractivity contribution in [2.24, 2.45) is 0 Å². The second-order valence-corrected chi connectivity index (χ2v) is 3.51. The van der Waals surface area contributed by atoms with Crippen LogP contribution in [0, 0.1) is 6.92 Å². The van der Waals surface area contributed by atoms with E-state index in [1.165, 1.54) is 7.11 Å². The predicted molar refractivity (Wildman–Crippen MR) is 67.5 cm³/mol. The zero-order valence-electron chi connectivity index (χ0n) is 9.92. The maximum atomic E-state index is 8.99. The molecule has 2 aromatic rings. The molecule has 0 atom stereocenters. The first-order valence-corrected chi connectivity index (χ1v) is 5.21. The summed E-state index contributed by atoms with van der Waals surface area (Å²) in [7, 11) is 1.52. The van der Waals surface area contributed by atoms with Gasteiger partial charge in [-0.3, -0.25) is 0 Å². The number of phenols is 2. The Kier molecular flexibility index (Phi) is 4.88. The predicted octanol–water partition coefficient (Wildman–Crippen LogP) is 3.10. The molecule has 2 rings (SSSR count). The lowest BCUT2D eigenvalue weighted by molar-refractivity contribution is 0.373. The molecule has 0 saturated heterocycles. The van der Waals surface area contributed by atoms with Crippen LogP contribution in [0.3, 0.4) is 0 Å². The molecule has 0 radical (unpaired) electrons. The minimum absolute atomic E-state index is 0.181. The van der Waals surface area contributed by atoms with Crippen molar-refractivity contribution >= 4 is 0 Å². The summed E-state index contributed by atoms with van der Waals surface area (Å²) in [5.41, 5.74) is 1.09. The third-order valence-electron chi connectivity index (χ3n) is 2.09. The van der Waals surface area contributed by atoms with Gasteiger partial charge >= 0.3 is 0 Å². The molecule has 0 heterocycles. The molecule has 0 bridgehead atoms. The van der Waals surface area contributed by atoms with Crippen LogP contribution in [-0.4, -0.2) is 17.3 Å². The molecule has 0 aliphatic heterocycles. The Balaban J connectivity index is 0.000000171. The quantitative estimate of drug-likeness (QED) is 0.794. The van der Waals surface area contributed by atoms with Gasteiger partial charge in [0.05, 0.1) is 7.11 Å². The highest BCUT2D eigenvalue weighted by Gasteiger charge is 1.94. The molecule has 0 aromatic heterocycles. The number of methoxy groups -OCH3 is 1. The minimum atomic E-state index is 0.181. The third-order valence-corrected chi connectivity index (χ3v) is 2.09. The standard InChI is InChI=1S/C7H8O2.C7H8O/c1-9-7-5-3-2-4-6(7)8;1-6-3-2-4-7(8)5-6/h2-5,8H,1H3;2-5,8H,1H3. The fourth-order valence-corrected chi connectivity index (χ4v) is 1.26. The van der Waals surface area contributed by atoms with Crippen LogP contribution in [0.25, 0.3) is 0 Å². The van der Waals surface area contributed by atoms with Crippen LogP contribution < -0.4 is 4.74 Å². The van der Waals surface area contributed by atoms with E-state index in [1.807, 2.05) is 19.1 Å². The van der Waals surface area contributed by atoms with Gasteiger partial charge in [0.15, 0.2) is 11.5 Å². The van der Waals surface area contributed by atoms with Crippen molar-refractivity contribution in [3.05, 3.63) is 54.1 Å². The monoisotopic (exact) mass is 232 g/mol. The number of phenolic OH excluding ortho intramolecular Hbond substituents is 2. The molecule has 0 amide bonds. The molecule has 0 unspecified atom stereocenters. The van der Waals surface area contributed by atoms with Gasteiger partial charge in [-0.05, 0) is 36.8 Å². The summed E-state index contributed by atoms with van der Waals surface area (Å²) >= 11 is 0. The maximum Gasteiger partial charge on any atom is 0.160 e. The van der Waals surface area contributed by atoms with Gasteiger partial charge in [-0.15, -0.1) is 0 Å². The van der Waals surface area contributed by atoms with E-state index < -0.39 is 0 Å². The molecule has 0 spiro atoms. The Bertz CT molecular complexity index is 449. The third kappa shape index (κ3) is 4.47. The molecular weight excluding hydrogens is 216 g/mol. The van der Waals surface area contributed by atoms with E-state index in [1.54, 1.807) is 36.4 Å². The average molecular weight is 232 g/mol. The van der Waals surface area contributed by atoms with E-state index in [9.17, 15) is 0 Å². The largest absolute Gasteiger partial charge is 0.508 e. The van der Waals surface area contributed by atoms with Crippen molar-refractivity contribution in [1.82, 2.24) is 0 Å². The molecule has 2 aromatic carbocycles. The maximum absolute atomic E-state index is 8.99. The summed E-state index contributed by atoms with van der Waals surface area (Å²) in [6, 6.07) is 14.0. The molecule has 17 heavy (non-hydrogen) atoms. The number of rotatable bonds is 1. The van der Waals surface area contributed by atoms with E-state index in [-0.39, 0.29) is 5.75 Å². The van der Waals surface area contributed by atoms with E-state index in [0.717, 1.165) is 5.56 Å². The van der Waals surface area contributed by atoms with Crippen LogP contribution in [-0.2, 0) is 0 Å². The first-order chi connectivity index (χ1) is 8.13. The zero-order chi connectivity index (χ0) is 12.7. The lowest BCUT2D eigenvalue weighted by Crippen LogP contribution is -1.80. The number of para-hydroxylation sites is 2. The lowest BCUT2D eigenvalue weighted by atomic mass is 10.2. The van der Waals surface area contributed by atoms with Crippen molar-refractivity contribution in [3.8, 4) is 17.2 Å². The number of hydrogen-bond donors (Lipinski definition) is 2. The van der Waals surface area contributed by atoms with E-state index in [0.29, 0.717) is 11.5 Å². The van der Waals surface area contributed by atoms with Gasteiger partial charge in [0.25, 0.3) is 0 Å². The number of hydrogen-bond acceptors (Lipinski definition) is 3. The number of aryl methyl sites for hydroxylation is 1. The van der Waals surface area contributed by atoms with Crippen molar-refractivity contribution < 1.29 is 14.9 Å². The highest BCUT2D eigenvalue weighted by Crippen LogP contribution is 2.23. The van der Waals surface area contributed by atoms with Gasteiger partial charge in [-0.25, -0.2) is 0 Å².